The van der Waals surface area contributed by atoms with Crippen LogP contribution in [0.15, 0.2) is 41.8 Å². The zero-order valence-electron chi connectivity index (χ0n) is 20.0. The third-order valence-electron chi connectivity index (χ3n) is 6.94. The fraction of sp³-hybridized carbons (Fsp3) is 0.500. The lowest BCUT2D eigenvalue weighted by atomic mass is 9.74. The number of carbonyl (C=O) groups is 3. The highest BCUT2D eigenvalue weighted by atomic mass is 32.1. The van der Waals surface area contributed by atoms with E-state index in [1.54, 1.807) is 18.4 Å². The smallest absolute Gasteiger partial charge is 0.240 e. The number of rotatable bonds is 8. The monoisotopic (exact) mass is 483 g/mol. The Morgan fingerprint density at radius 3 is 2.65 bits per heavy atom. The third-order valence-corrected chi connectivity index (χ3v) is 7.80. The van der Waals surface area contributed by atoms with Crippen molar-refractivity contribution in [2.24, 2.45) is 0 Å². The van der Waals surface area contributed by atoms with Gasteiger partial charge in [-0.2, -0.15) is 0 Å². The number of carbonyl (C=O) groups excluding carboxylic acids is 3. The summed E-state index contributed by atoms with van der Waals surface area (Å²) in [5.74, 6) is -0.585. The largest absolute Gasteiger partial charge is 0.383 e. The summed E-state index contributed by atoms with van der Waals surface area (Å²) in [6.45, 7) is 6.35. The molecule has 34 heavy (non-hydrogen) atoms. The van der Waals surface area contributed by atoms with Crippen LogP contribution in [0.25, 0.3) is 0 Å². The first-order valence-corrected chi connectivity index (χ1v) is 12.7. The molecule has 3 heterocycles. The van der Waals surface area contributed by atoms with E-state index >= 15 is 0 Å². The van der Waals surface area contributed by atoms with Gasteiger partial charge >= 0.3 is 0 Å². The Morgan fingerprint density at radius 1 is 1.09 bits per heavy atom. The average molecular weight is 484 g/mol. The maximum atomic E-state index is 13.7. The number of amides is 3. The van der Waals surface area contributed by atoms with Crippen LogP contribution < -0.4 is 0 Å². The van der Waals surface area contributed by atoms with E-state index in [1.165, 1.54) is 9.78 Å². The molecule has 2 saturated heterocycles. The molecular formula is C26H33N3O4S. The molecule has 0 radical (unpaired) electrons. The average Bonchev–Trinajstić information content (AvgIpc) is 3.32. The summed E-state index contributed by atoms with van der Waals surface area (Å²) in [5.41, 5.74) is 0.537. The second-order valence-electron chi connectivity index (χ2n) is 9.18. The van der Waals surface area contributed by atoms with Crippen LogP contribution >= 0.6 is 11.3 Å². The van der Waals surface area contributed by atoms with Crippen molar-refractivity contribution in [1.82, 2.24) is 14.7 Å². The normalized spacial score (nSPS) is 21.8. The molecule has 0 saturated carbocycles. The van der Waals surface area contributed by atoms with Crippen LogP contribution in [0.1, 0.15) is 35.3 Å². The van der Waals surface area contributed by atoms with E-state index in [-0.39, 0.29) is 43.7 Å². The van der Waals surface area contributed by atoms with Crippen molar-refractivity contribution in [3.05, 3.63) is 57.8 Å². The van der Waals surface area contributed by atoms with Crippen LogP contribution in [-0.4, -0.2) is 78.9 Å². The molecule has 2 aliphatic rings. The van der Waals surface area contributed by atoms with Crippen molar-refractivity contribution < 1.29 is 19.1 Å². The lowest BCUT2D eigenvalue weighted by Crippen LogP contribution is -2.45. The van der Waals surface area contributed by atoms with Gasteiger partial charge in [0.15, 0.2) is 0 Å². The Kier molecular flexibility index (Phi) is 7.80. The minimum Gasteiger partial charge on any atom is -0.383 e. The van der Waals surface area contributed by atoms with Gasteiger partial charge in [0.25, 0.3) is 0 Å². The van der Waals surface area contributed by atoms with Gasteiger partial charge in [-0.15, -0.1) is 11.3 Å². The number of hydrogen-bond acceptors (Lipinski definition) is 6. The molecule has 0 N–H and O–H groups in total. The van der Waals surface area contributed by atoms with E-state index in [2.05, 4.69) is 22.4 Å². The molecule has 0 bridgehead atoms. The van der Waals surface area contributed by atoms with Gasteiger partial charge in [-0.05, 0) is 35.9 Å². The summed E-state index contributed by atoms with van der Waals surface area (Å²) in [5, 5.41) is 2.09. The molecule has 1 aromatic heterocycles. The maximum Gasteiger partial charge on any atom is 0.240 e. The van der Waals surface area contributed by atoms with Crippen LogP contribution in [0.5, 0.6) is 0 Å². The number of benzene rings is 1. The van der Waals surface area contributed by atoms with Gasteiger partial charge in [-0.25, -0.2) is 0 Å². The van der Waals surface area contributed by atoms with Gasteiger partial charge in [0.2, 0.25) is 17.7 Å². The van der Waals surface area contributed by atoms with E-state index in [1.807, 2.05) is 36.1 Å². The number of imide groups is 1. The second-order valence-corrected chi connectivity index (χ2v) is 10.2. The van der Waals surface area contributed by atoms with Gasteiger partial charge in [0, 0.05) is 57.6 Å². The van der Waals surface area contributed by atoms with Crippen LogP contribution in [0.3, 0.4) is 0 Å². The zero-order chi connectivity index (χ0) is 24.1. The predicted molar refractivity (Wildman–Crippen MR) is 131 cm³/mol. The van der Waals surface area contributed by atoms with Crippen LogP contribution in [0.4, 0.5) is 0 Å². The highest BCUT2D eigenvalue weighted by Gasteiger charge is 2.54. The molecule has 3 amide bonds. The summed E-state index contributed by atoms with van der Waals surface area (Å²) in [6.07, 6.45) is 0.919. The van der Waals surface area contributed by atoms with Gasteiger partial charge in [0.1, 0.15) is 0 Å². The van der Waals surface area contributed by atoms with Gasteiger partial charge < -0.3 is 9.64 Å². The highest BCUT2D eigenvalue weighted by molar-refractivity contribution is 7.09. The van der Waals surface area contributed by atoms with Crippen LogP contribution in [0.2, 0.25) is 0 Å². The molecule has 4 rings (SSSR count). The van der Waals surface area contributed by atoms with Crippen molar-refractivity contribution in [2.45, 2.75) is 38.1 Å². The molecule has 2 fully saturated rings. The van der Waals surface area contributed by atoms with E-state index in [0.29, 0.717) is 13.1 Å². The number of thiophene rings is 1. The minimum atomic E-state index is -1.16. The van der Waals surface area contributed by atoms with Crippen molar-refractivity contribution >= 4 is 29.1 Å². The second kappa shape index (κ2) is 10.8. The van der Waals surface area contributed by atoms with Crippen molar-refractivity contribution in [1.29, 1.82) is 0 Å². The quantitative estimate of drug-likeness (QED) is 0.540. The van der Waals surface area contributed by atoms with E-state index in [0.717, 1.165) is 37.2 Å². The summed E-state index contributed by atoms with van der Waals surface area (Å²) in [6, 6.07) is 11.8. The third kappa shape index (κ3) is 5.09. The number of aryl methyl sites for hydroxylation is 1. The molecule has 0 spiro atoms. The molecule has 1 atom stereocenters. The number of methoxy groups -OCH3 is 1. The summed E-state index contributed by atoms with van der Waals surface area (Å²) in [4.78, 5) is 47.1. The SMILES string of the molecule is COCCN1C(=O)C[C@](CC(=O)N2CCCN(Cc3cccs3)CC2)(c2ccccc2C)C1=O. The van der Waals surface area contributed by atoms with Crippen LogP contribution in [-0.2, 0) is 31.1 Å². The Hall–Kier alpha value is -2.55. The summed E-state index contributed by atoms with van der Waals surface area (Å²) < 4.78 is 5.11. The van der Waals surface area contributed by atoms with Crippen molar-refractivity contribution in [2.75, 3.05) is 46.4 Å². The van der Waals surface area contributed by atoms with Gasteiger partial charge in [-0.1, -0.05) is 30.3 Å². The Morgan fingerprint density at radius 2 is 1.91 bits per heavy atom. The molecule has 0 aliphatic carbocycles. The molecule has 1 aromatic carbocycles. The molecule has 2 aliphatic heterocycles. The maximum absolute atomic E-state index is 13.7. The van der Waals surface area contributed by atoms with Crippen molar-refractivity contribution in [3.63, 3.8) is 0 Å². The number of nitrogens with zero attached hydrogens (tertiary/aromatic N) is 3. The fourth-order valence-corrected chi connectivity index (χ4v) is 5.88. The Balaban J connectivity index is 1.53. The summed E-state index contributed by atoms with van der Waals surface area (Å²) >= 11 is 1.75. The first kappa shape index (κ1) is 24.6. The number of ether oxygens (including phenoxy) is 1. The topological polar surface area (TPSA) is 70.2 Å². The zero-order valence-corrected chi connectivity index (χ0v) is 20.8. The highest BCUT2D eigenvalue weighted by Crippen LogP contribution is 2.41. The van der Waals surface area contributed by atoms with Gasteiger partial charge in [0.05, 0.1) is 18.6 Å². The van der Waals surface area contributed by atoms with E-state index < -0.39 is 5.41 Å². The number of likely N-dealkylation sites (tertiary alicyclic amines) is 1. The molecule has 8 heteroatoms. The standard InChI is InChI=1S/C26H33N3O4S/c1-20-7-3-4-9-22(20)26(18-24(31)29(25(26)32)14-15-33-2)17-23(30)28-11-6-10-27(12-13-28)19-21-8-5-16-34-21/h3-5,7-9,16H,6,10-15,17-19H2,1-2H3/t26-/m1/s1. The summed E-state index contributed by atoms with van der Waals surface area (Å²) in [7, 11) is 1.55. The molecule has 0 unspecified atom stereocenters. The van der Waals surface area contributed by atoms with Crippen LogP contribution in [0, 0.1) is 6.92 Å². The molecule has 2 aromatic rings. The molecular weight excluding hydrogens is 450 g/mol. The van der Waals surface area contributed by atoms with Gasteiger partial charge in [-0.3, -0.25) is 24.2 Å². The lowest BCUT2D eigenvalue weighted by molar-refractivity contribution is -0.143. The lowest BCUT2D eigenvalue weighted by Gasteiger charge is -2.31. The predicted octanol–water partition coefficient (Wildman–Crippen LogP) is 2.82. The first-order chi connectivity index (χ1) is 16.4. The molecule has 182 valence electrons. The minimum absolute atomic E-state index is 0.0107. The van der Waals surface area contributed by atoms with Crippen molar-refractivity contribution in [3.8, 4) is 0 Å². The number of hydrogen-bond donors (Lipinski definition) is 0. The van der Waals surface area contributed by atoms with E-state index in [4.69, 9.17) is 4.74 Å². The Bertz CT molecular complexity index is 1020. The fourth-order valence-electron chi connectivity index (χ4n) is 5.13. The van der Waals surface area contributed by atoms with E-state index in [9.17, 15) is 14.4 Å². The first-order valence-electron chi connectivity index (χ1n) is 11.9. The Labute approximate surface area is 205 Å². The molecule has 7 nitrogen and oxygen atoms in total.